The third-order valence-electron chi connectivity index (χ3n) is 11.8. The molecule has 2 unspecified atom stereocenters. The first-order valence-corrected chi connectivity index (χ1v) is 25.6. The quantitative estimate of drug-likeness (QED) is 0.0323. The molecule has 0 aliphatic carbocycles. The van der Waals surface area contributed by atoms with Gasteiger partial charge in [-0.2, -0.15) is 0 Å². The van der Waals surface area contributed by atoms with Gasteiger partial charge in [0.1, 0.15) is 0 Å². The van der Waals surface area contributed by atoms with E-state index < -0.39 is 12.1 Å². The minimum Gasteiger partial charge on any atom is -0.466 e. The molecule has 0 aliphatic rings. The normalized spacial score (nSPS) is 12.8. The molecule has 0 saturated carbocycles. The van der Waals surface area contributed by atoms with Crippen molar-refractivity contribution in [2.24, 2.45) is 0 Å². The van der Waals surface area contributed by atoms with E-state index in [1.807, 2.05) is 0 Å². The second-order valence-electron chi connectivity index (χ2n) is 17.5. The highest BCUT2D eigenvalue weighted by atomic mass is 16.5. The Hall–Kier alpha value is -1.66. The first-order chi connectivity index (χ1) is 28.5. The standard InChI is InChI=1S/C52H99NO5/c1-3-5-7-9-11-13-15-17-19-20-24-28-32-36-40-44-50(55)49(48-54)53-51(56)45-41-37-33-29-25-22-23-27-31-35-39-43-47-58-52(57)46-42-38-34-30-26-21-18-16-14-12-10-8-6-4-2/h10,12,16,18,49-50,54-55H,3-9,11,13-15,17,19-48H2,1-2H3,(H,53,56)/b12-10-,18-16-. The number of hydrogen-bond donors (Lipinski definition) is 3. The third kappa shape index (κ3) is 43.9. The van der Waals surface area contributed by atoms with Crippen molar-refractivity contribution in [1.29, 1.82) is 0 Å². The molecule has 58 heavy (non-hydrogen) atoms. The van der Waals surface area contributed by atoms with E-state index in [0.29, 0.717) is 25.9 Å². The first kappa shape index (κ1) is 56.3. The zero-order valence-corrected chi connectivity index (χ0v) is 38.8. The highest BCUT2D eigenvalue weighted by molar-refractivity contribution is 5.76. The topological polar surface area (TPSA) is 95.9 Å². The summed E-state index contributed by atoms with van der Waals surface area (Å²) in [5, 5.41) is 23.2. The number of ether oxygens (including phenoxy) is 1. The lowest BCUT2D eigenvalue weighted by Crippen LogP contribution is -2.45. The van der Waals surface area contributed by atoms with Gasteiger partial charge in [0, 0.05) is 12.8 Å². The maximum absolute atomic E-state index is 12.4. The fourth-order valence-corrected chi connectivity index (χ4v) is 7.77. The summed E-state index contributed by atoms with van der Waals surface area (Å²) in [6, 6.07) is -0.553. The lowest BCUT2D eigenvalue weighted by atomic mass is 10.0. The fourth-order valence-electron chi connectivity index (χ4n) is 7.77. The van der Waals surface area contributed by atoms with Crippen molar-refractivity contribution >= 4 is 11.9 Å². The second kappa shape index (κ2) is 48.0. The van der Waals surface area contributed by atoms with Gasteiger partial charge in [-0.15, -0.1) is 0 Å². The van der Waals surface area contributed by atoms with Crippen LogP contribution in [-0.4, -0.2) is 47.4 Å². The molecule has 0 fully saturated rings. The van der Waals surface area contributed by atoms with Gasteiger partial charge < -0.3 is 20.3 Å². The van der Waals surface area contributed by atoms with Gasteiger partial charge in [0.05, 0.1) is 25.4 Å². The molecule has 0 radical (unpaired) electrons. The van der Waals surface area contributed by atoms with Crippen LogP contribution in [0, 0.1) is 0 Å². The minimum atomic E-state index is -0.674. The molecule has 0 heterocycles. The Balaban J connectivity index is 3.47. The number of allylic oxidation sites excluding steroid dienone is 4. The van der Waals surface area contributed by atoms with Crippen LogP contribution < -0.4 is 5.32 Å². The van der Waals surface area contributed by atoms with Crippen molar-refractivity contribution in [2.45, 2.75) is 283 Å². The molecule has 0 bridgehead atoms. The molecule has 0 spiro atoms. The number of esters is 1. The predicted octanol–water partition coefficient (Wildman–Crippen LogP) is 15.1. The molecule has 0 aliphatic heterocycles. The predicted molar refractivity (Wildman–Crippen MR) is 250 cm³/mol. The summed E-state index contributed by atoms with van der Waals surface area (Å²) in [6.45, 7) is 4.87. The zero-order valence-electron chi connectivity index (χ0n) is 38.8. The van der Waals surface area contributed by atoms with Crippen LogP contribution >= 0.6 is 0 Å². The highest BCUT2D eigenvalue weighted by Gasteiger charge is 2.20. The molecule has 0 aromatic rings. The van der Waals surface area contributed by atoms with Gasteiger partial charge in [-0.05, 0) is 51.4 Å². The van der Waals surface area contributed by atoms with Gasteiger partial charge in [-0.25, -0.2) is 0 Å². The van der Waals surface area contributed by atoms with Crippen molar-refractivity contribution in [1.82, 2.24) is 5.32 Å². The molecule has 6 heteroatoms. The molecule has 0 saturated heterocycles. The SMILES string of the molecule is CCCC/C=C\C/C=C\CCCCCCCC(=O)OCCCCCCCCCCCCCCC(=O)NC(CO)C(O)CCCCCCCCCCCCCCCCC. The molecule has 0 aromatic carbocycles. The fraction of sp³-hybridized carbons (Fsp3) is 0.885. The monoisotopic (exact) mass is 818 g/mol. The Morgan fingerprint density at radius 3 is 1.36 bits per heavy atom. The van der Waals surface area contributed by atoms with Crippen molar-refractivity contribution in [3.8, 4) is 0 Å². The lowest BCUT2D eigenvalue weighted by molar-refractivity contribution is -0.143. The summed E-state index contributed by atoms with van der Waals surface area (Å²) < 4.78 is 5.45. The Kier molecular flexibility index (Phi) is 46.6. The lowest BCUT2D eigenvalue weighted by Gasteiger charge is -2.22. The number of aliphatic hydroxyl groups is 2. The van der Waals surface area contributed by atoms with Crippen LogP contribution in [0.2, 0.25) is 0 Å². The largest absolute Gasteiger partial charge is 0.466 e. The number of carbonyl (C=O) groups is 2. The molecular formula is C52H99NO5. The van der Waals surface area contributed by atoms with E-state index in [-0.39, 0.29) is 18.5 Å². The summed E-state index contributed by atoms with van der Waals surface area (Å²) in [5.41, 5.74) is 0. The van der Waals surface area contributed by atoms with Crippen molar-refractivity contribution in [2.75, 3.05) is 13.2 Å². The first-order valence-electron chi connectivity index (χ1n) is 25.6. The smallest absolute Gasteiger partial charge is 0.305 e. The molecular weight excluding hydrogens is 719 g/mol. The maximum atomic E-state index is 12.4. The van der Waals surface area contributed by atoms with Gasteiger partial charge in [0.15, 0.2) is 0 Å². The molecule has 3 N–H and O–H groups in total. The van der Waals surface area contributed by atoms with Crippen molar-refractivity contribution < 1.29 is 24.5 Å². The summed E-state index contributed by atoms with van der Waals surface area (Å²) in [4.78, 5) is 24.5. The number of amides is 1. The second-order valence-corrected chi connectivity index (χ2v) is 17.5. The van der Waals surface area contributed by atoms with E-state index in [4.69, 9.17) is 4.74 Å². The van der Waals surface area contributed by atoms with Crippen LogP contribution in [0.3, 0.4) is 0 Å². The van der Waals surface area contributed by atoms with Gasteiger partial charge in [0.2, 0.25) is 5.91 Å². The highest BCUT2D eigenvalue weighted by Crippen LogP contribution is 2.16. The van der Waals surface area contributed by atoms with Crippen LogP contribution in [0.25, 0.3) is 0 Å². The Morgan fingerprint density at radius 2 is 0.879 bits per heavy atom. The van der Waals surface area contributed by atoms with E-state index in [2.05, 4.69) is 43.5 Å². The number of aliphatic hydroxyl groups excluding tert-OH is 2. The molecule has 342 valence electrons. The van der Waals surface area contributed by atoms with E-state index >= 15 is 0 Å². The van der Waals surface area contributed by atoms with Crippen LogP contribution in [0.4, 0.5) is 0 Å². The maximum Gasteiger partial charge on any atom is 0.305 e. The third-order valence-corrected chi connectivity index (χ3v) is 11.8. The van der Waals surface area contributed by atoms with Gasteiger partial charge >= 0.3 is 5.97 Å². The average molecular weight is 818 g/mol. The summed E-state index contributed by atoms with van der Waals surface area (Å²) >= 11 is 0. The minimum absolute atomic E-state index is 0.0238. The van der Waals surface area contributed by atoms with Crippen LogP contribution in [-0.2, 0) is 14.3 Å². The molecule has 0 rings (SSSR count). The summed E-state index contributed by atoms with van der Waals surface area (Å²) in [5.74, 6) is -0.0748. The van der Waals surface area contributed by atoms with Crippen LogP contribution in [0.1, 0.15) is 271 Å². The van der Waals surface area contributed by atoms with Gasteiger partial charge in [-0.1, -0.05) is 231 Å². The Morgan fingerprint density at radius 1 is 0.483 bits per heavy atom. The average Bonchev–Trinajstić information content (AvgIpc) is 3.22. The van der Waals surface area contributed by atoms with Gasteiger partial charge in [0.25, 0.3) is 0 Å². The van der Waals surface area contributed by atoms with E-state index in [1.165, 1.54) is 167 Å². The Labute approximate surface area is 361 Å². The van der Waals surface area contributed by atoms with Gasteiger partial charge in [-0.3, -0.25) is 9.59 Å². The molecule has 2 atom stereocenters. The number of carbonyl (C=O) groups excluding carboxylic acids is 2. The van der Waals surface area contributed by atoms with Crippen LogP contribution in [0.5, 0.6) is 0 Å². The molecule has 1 amide bonds. The Bertz CT molecular complexity index is 904. The zero-order chi connectivity index (χ0) is 42.3. The summed E-state index contributed by atoms with van der Waals surface area (Å²) in [6.07, 6.45) is 55.6. The van der Waals surface area contributed by atoms with E-state index in [9.17, 15) is 19.8 Å². The molecule has 6 nitrogen and oxygen atoms in total. The van der Waals surface area contributed by atoms with E-state index in [1.54, 1.807) is 0 Å². The van der Waals surface area contributed by atoms with Crippen LogP contribution in [0.15, 0.2) is 24.3 Å². The number of unbranched alkanes of at least 4 members (excludes halogenated alkanes) is 32. The number of rotatable bonds is 47. The summed E-state index contributed by atoms with van der Waals surface area (Å²) in [7, 11) is 0. The van der Waals surface area contributed by atoms with Crippen molar-refractivity contribution in [3.63, 3.8) is 0 Å². The van der Waals surface area contributed by atoms with Crippen molar-refractivity contribution in [3.05, 3.63) is 24.3 Å². The number of nitrogens with one attached hydrogen (secondary N) is 1. The number of hydrogen-bond acceptors (Lipinski definition) is 5. The van der Waals surface area contributed by atoms with E-state index in [0.717, 1.165) is 70.6 Å². The molecule has 0 aromatic heterocycles.